The molecule has 0 spiro atoms. The zero-order valence-electron chi connectivity index (χ0n) is 13.8. The molecule has 1 aromatic heterocycles. The molecule has 1 atom stereocenters. The highest BCUT2D eigenvalue weighted by Crippen LogP contribution is 2.29. The second-order valence-corrected chi connectivity index (χ2v) is 6.09. The standard InChI is InChI=1S/C16H19F3N4S.HI/c1-11(12-6-4-3-5-7-12)22-15(20-2)21-9-8-14-23-13(10-24-14)16(17,18)19;/h3-7,10-11H,8-9H2,1-2H3,(H2,20,21,22);1H. The lowest BCUT2D eigenvalue weighted by molar-refractivity contribution is -0.140. The summed E-state index contributed by atoms with van der Waals surface area (Å²) in [6.07, 6.45) is -3.98. The minimum Gasteiger partial charge on any atom is -0.356 e. The maximum atomic E-state index is 12.5. The number of aliphatic imine (C=N–C) groups is 1. The van der Waals surface area contributed by atoms with Gasteiger partial charge in [0.05, 0.1) is 11.0 Å². The van der Waals surface area contributed by atoms with Crippen LogP contribution >= 0.6 is 35.3 Å². The van der Waals surface area contributed by atoms with Crippen molar-refractivity contribution in [1.82, 2.24) is 15.6 Å². The van der Waals surface area contributed by atoms with E-state index in [-0.39, 0.29) is 30.0 Å². The van der Waals surface area contributed by atoms with E-state index in [1.54, 1.807) is 7.05 Å². The summed E-state index contributed by atoms with van der Waals surface area (Å²) >= 11 is 1.02. The third-order valence-electron chi connectivity index (χ3n) is 3.35. The molecule has 2 aromatic rings. The predicted molar refractivity (Wildman–Crippen MR) is 106 cm³/mol. The highest BCUT2D eigenvalue weighted by molar-refractivity contribution is 14.0. The van der Waals surface area contributed by atoms with E-state index in [2.05, 4.69) is 20.6 Å². The van der Waals surface area contributed by atoms with Gasteiger partial charge >= 0.3 is 6.18 Å². The maximum Gasteiger partial charge on any atom is 0.434 e. The molecule has 1 heterocycles. The van der Waals surface area contributed by atoms with Crippen molar-refractivity contribution in [2.45, 2.75) is 25.6 Å². The molecular weight excluding hydrogens is 464 g/mol. The third kappa shape index (κ3) is 6.81. The summed E-state index contributed by atoms with van der Waals surface area (Å²) in [4.78, 5) is 7.73. The topological polar surface area (TPSA) is 49.3 Å². The van der Waals surface area contributed by atoms with Crippen LogP contribution in [0.5, 0.6) is 0 Å². The number of aromatic nitrogens is 1. The van der Waals surface area contributed by atoms with Gasteiger partial charge in [0.25, 0.3) is 0 Å². The molecule has 0 bridgehead atoms. The second kappa shape index (κ2) is 9.95. The summed E-state index contributed by atoms with van der Waals surface area (Å²) in [5, 5.41) is 7.82. The summed E-state index contributed by atoms with van der Waals surface area (Å²) < 4.78 is 37.5. The van der Waals surface area contributed by atoms with Crippen molar-refractivity contribution in [2.24, 2.45) is 4.99 Å². The Morgan fingerprint density at radius 3 is 2.52 bits per heavy atom. The third-order valence-corrected chi connectivity index (χ3v) is 4.26. The van der Waals surface area contributed by atoms with Crippen LogP contribution in [0.1, 0.15) is 29.2 Å². The van der Waals surface area contributed by atoms with E-state index < -0.39 is 11.9 Å². The molecule has 1 unspecified atom stereocenters. The van der Waals surface area contributed by atoms with Gasteiger partial charge in [0.1, 0.15) is 0 Å². The normalized spacial score (nSPS) is 13.1. The van der Waals surface area contributed by atoms with Gasteiger partial charge in [0, 0.05) is 25.4 Å². The molecule has 1 aromatic carbocycles. The number of alkyl halides is 3. The molecule has 0 saturated carbocycles. The molecule has 0 aliphatic carbocycles. The van der Waals surface area contributed by atoms with E-state index in [0.29, 0.717) is 23.9 Å². The van der Waals surface area contributed by atoms with Gasteiger partial charge < -0.3 is 10.6 Å². The van der Waals surface area contributed by atoms with E-state index in [9.17, 15) is 13.2 Å². The van der Waals surface area contributed by atoms with Crippen molar-refractivity contribution < 1.29 is 13.2 Å². The number of nitrogens with one attached hydrogen (secondary N) is 2. The quantitative estimate of drug-likeness (QED) is 0.379. The van der Waals surface area contributed by atoms with Crippen LogP contribution in [0.25, 0.3) is 0 Å². The van der Waals surface area contributed by atoms with Gasteiger partial charge in [0.2, 0.25) is 0 Å². The molecule has 0 aliphatic rings. The number of rotatable bonds is 5. The number of thiazole rings is 1. The molecule has 0 fully saturated rings. The van der Waals surface area contributed by atoms with E-state index in [0.717, 1.165) is 22.3 Å². The smallest absolute Gasteiger partial charge is 0.356 e. The molecule has 9 heteroatoms. The lowest BCUT2D eigenvalue weighted by Crippen LogP contribution is -2.39. The van der Waals surface area contributed by atoms with E-state index >= 15 is 0 Å². The zero-order chi connectivity index (χ0) is 17.6. The summed E-state index contributed by atoms with van der Waals surface area (Å²) in [5.41, 5.74) is 0.290. The van der Waals surface area contributed by atoms with Crippen LogP contribution in [0, 0.1) is 0 Å². The number of hydrogen-bond donors (Lipinski definition) is 2. The predicted octanol–water partition coefficient (Wildman–Crippen LogP) is 4.25. The first-order valence-corrected chi connectivity index (χ1v) is 8.32. The molecular formula is C16H20F3IN4S. The Morgan fingerprint density at radius 2 is 1.96 bits per heavy atom. The van der Waals surface area contributed by atoms with Crippen molar-refractivity contribution in [3.05, 3.63) is 52.0 Å². The average molecular weight is 484 g/mol. The molecule has 0 radical (unpaired) electrons. The molecule has 4 nitrogen and oxygen atoms in total. The van der Waals surface area contributed by atoms with Gasteiger partial charge in [-0.2, -0.15) is 13.2 Å². The first-order valence-electron chi connectivity index (χ1n) is 7.44. The highest BCUT2D eigenvalue weighted by Gasteiger charge is 2.33. The van der Waals surface area contributed by atoms with Crippen molar-refractivity contribution in [3.8, 4) is 0 Å². The Morgan fingerprint density at radius 1 is 1.28 bits per heavy atom. The zero-order valence-corrected chi connectivity index (χ0v) is 16.9. The van der Waals surface area contributed by atoms with Crippen LogP contribution in [-0.4, -0.2) is 24.5 Å². The van der Waals surface area contributed by atoms with Crippen LogP contribution in [0.15, 0.2) is 40.7 Å². The van der Waals surface area contributed by atoms with Crippen LogP contribution in [0.3, 0.4) is 0 Å². The van der Waals surface area contributed by atoms with Gasteiger partial charge in [-0.1, -0.05) is 30.3 Å². The SMILES string of the molecule is CN=C(NCCc1nc(C(F)(F)F)cs1)NC(C)c1ccccc1.I. The average Bonchev–Trinajstić information content (AvgIpc) is 3.04. The van der Waals surface area contributed by atoms with Crippen molar-refractivity contribution in [2.75, 3.05) is 13.6 Å². The van der Waals surface area contributed by atoms with Crippen LogP contribution in [-0.2, 0) is 12.6 Å². The lowest BCUT2D eigenvalue weighted by atomic mass is 10.1. The van der Waals surface area contributed by atoms with Crippen molar-refractivity contribution in [3.63, 3.8) is 0 Å². The Kier molecular flexibility index (Phi) is 8.63. The number of benzene rings is 1. The van der Waals surface area contributed by atoms with E-state index in [1.807, 2.05) is 37.3 Å². The van der Waals surface area contributed by atoms with Gasteiger partial charge in [0.15, 0.2) is 11.7 Å². The summed E-state index contributed by atoms with van der Waals surface area (Å²) in [5.74, 6) is 0.596. The van der Waals surface area contributed by atoms with Crippen LogP contribution in [0.2, 0.25) is 0 Å². The van der Waals surface area contributed by atoms with Gasteiger partial charge in [-0.25, -0.2) is 4.98 Å². The molecule has 2 N–H and O–H groups in total. The van der Waals surface area contributed by atoms with E-state index in [4.69, 9.17) is 0 Å². The summed E-state index contributed by atoms with van der Waals surface area (Å²) in [6.45, 7) is 2.46. The largest absolute Gasteiger partial charge is 0.434 e. The second-order valence-electron chi connectivity index (χ2n) is 5.15. The lowest BCUT2D eigenvalue weighted by Gasteiger charge is -2.18. The van der Waals surface area contributed by atoms with Crippen molar-refractivity contribution >= 4 is 41.3 Å². The van der Waals surface area contributed by atoms with Gasteiger partial charge in [-0.15, -0.1) is 35.3 Å². The monoisotopic (exact) mass is 484 g/mol. The Bertz CT molecular complexity index is 674. The number of guanidine groups is 1. The van der Waals surface area contributed by atoms with E-state index in [1.165, 1.54) is 0 Å². The Hall–Kier alpha value is -1.36. The fraction of sp³-hybridized carbons (Fsp3) is 0.375. The summed E-state index contributed by atoms with van der Waals surface area (Å²) in [7, 11) is 1.65. The highest BCUT2D eigenvalue weighted by atomic mass is 127. The number of halogens is 4. The van der Waals surface area contributed by atoms with Gasteiger partial charge in [-0.05, 0) is 12.5 Å². The Labute approximate surface area is 166 Å². The van der Waals surface area contributed by atoms with Gasteiger partial charge in [-0.3, -0.25) is 4.99 Å². The first-order chi connectivity index (χ1) is 11.4. The number of hydrogen-bond acceptors (Lipinski definition) is 3. The fourth-order valence-electron chi connectivity index (χ4n) is 2.07. The molecule has 25 heavy (non-hydrogen) atoms. The fourth-order valence-corrected chi connectivity index (χ4v) is 2.87. The number of nitrogens with zero attached hydrogens (tertiary/aromatic N) is 2. The molecule has 0 saturated heterocycles. The minimum absolute atomic E-state index is 0. The van der Waals surface area contributed by atoms with Crippen LogP contribution < -0.4 is 10.6 Å². The van der Waals surface area contributed by atoms with Crippen LogP contribution in [0.4, 0.5) is 13.2 Å². The minimum atomic E-state index is -4.38. The molecule has 0 aliphatic heterocycles. The van der Waals surface area contributed by atoms with Crippen molar-refractivity contribution in [1.29, 1.82) is 0 Å². The maximum absolute atomic E-state index is 12.5. The molecule has 2 rings (SSSR count). The molecule has 138 valence electrons. The first kappa shape index (κ1) is 21.7. The Balaban J connectivity index is 0.00000312. The summed E-state index contributed by atoms with van der Waals surface area (Å²) in [6, 6.07) is 9.97. The molecule has 0 amide bonds.